The molecule has 0 aliphatic heterocycles. The van der Waals surface area contributed by atoms with Gasteiger partial charge in [0.25, 0.3) is 0 Å². The number of hydrogen-bond acceptors (Lipinski definition) is 6. The summed E-state index contributed by atoms with van der Waals surface area (Å²) in [5.74, 6) is 0.954. The van der Waals surface area contributed by atoms with E-state index in [1.807, 2.05) is 31.4 Å². The summed E-state index contributed by atoms with van der Waals surface area (Å²) in [7, 11) is 0. The fraction of sp³-hybridized carbons (Fsp3) is 0.385. The molecule has 0 aromatic carbocycles. The third-order valence-electron chi connectivity index (χ3n) is 2.93. The van der Waals surface area contributed by atoms with Crippen molar-refractivity contribution in [2.24, 2.45) is 0 Å². The van der Waals surface area contributed by atoms with Crippen LogP contribution in [0.5, 0.6) is 0 Å². The lowest BCUT2D eigenvalue weighted by molar-refractivity contribution is 0.195. The van der Waals surface area contributed by atoms with Crippen molar-refractivity contribution in [3.05, 3.63) is 33.6 Å². The molecule has 0 radical (unpaired) electrons. The van der Waals surface area contributed by atoms with Gasteiger partial charge < -0.3 is 16.2 Å². The van der Waals surface area contributed by atoms with Crippen molar-refractivity contribution in [1.82, 2.24) is 9.97 Å². The second-order valence-electron chi connectivity index (χ2n) is 4.27. The van der Waals surface area contributed by atoms with Crippen LogP contribution in [-0.2, 0) is 6.42 Å². The van der Waals surface area contributed by atoms with Crippen LogP contribution in [0.1, 0.15) is 29.2 Å². The summed E-state index contributed by atoms with van der Waals surface area (Å²) in [5, 5.41) is 15.1. The molecule has 2 aromatic heterocycles. The summed E-state index contributed by atoms with van der Waals surface area (Å²) in [6.45, 7) is 4.39. The Labute approximate surface area is 116 Å². The van der Waals surface area contributed by atoms with Gasteiger partial charge in [0, 0.05) is 17.0 Å². The van der Waals surface area contributed by atoms with Crippen LogP contribution in [0.25, 0.3) is 0 Å². The van der Waals surface area contributed by atoms with E-state index in [1.165, 1.54) is 11.3 Å². The van der Waals surface area contributed by atoms with E-state index in [0.717, 1.165) is 22.6 Å². The number of rotatable bonds is 5. The third kappa shape index (κ3) is 3.21. The van der Waals surface area contributed by atoms with Crippen molar-refractivity contribution in [3.63, 3.8) is 0 Å². The van der Waals surface area contributed by atoms with Gasteiger partial charge in [0.15, 0.2) is 0 Å². The lowest BCUT2D eigenvalue weighted by Gasteiger charge is -2.14. The highest BCUT2D eigenvalue weighted by atomic mass is 32.1. The number of anilines is 2. The van der Waals surface area contributed by atoms with Crippen LogP contribution >= 0.6 is 11.3 Å². The molecule has 0 saturated carbocycles. The Balaban J connectivity index is 2.09. The minimum atomic E-state index is -0.541. The SMILES string of the molecule is CCc1nc(N)nc(NC[C@@H](O)c2cccs2)c1C. The zero-order valence-electron chi connectivity index (χ0n) is 11.1. The van der Waals surface area contributed by atoms with E-state index in [0.29, 0.717) is 12.4 Å². The Kier molecular flexibility index (Phi) is 4.34. The maximum absolute atomic E-state index is 10.0. The average Bonchev–Trinajstić information content (AvgIpc) is 2.93. The quantitative estimate of drug-likeness (QED) is 0.780. The Morgan fingerprint density at radius 2 is 2.26 bits per heavy atom. The lowest BCUT2D eigenvalue weighted by Crippen LogP contribution is -2.15. The van der Waals surface area contributed by atoms with E-state index >= 15 is 0 Å². The van der Waals surface area contributed by atoms with Gasteiger partial charge in [0.1, 0.15) is 11.9 Å². The van der Waals surface area contributed by atoms with Gasteiger partial charge in [-0.1, -0.05) is 13.0 Å². The van der Waals surface area contributed by atoms with E-state index in [4.69, 9.17) is 5.73 Å². The number of nitrogen functional groups attached to an aromatic ring is 1. The molecule has 2 aromatic rings. The summed E-state index contributed by atoms with van der Waals surface area (Å²) in [4.78, 5) is 9.31. The molecule has 0 amide bonds. The summed E-state index contributed by atoms with van der Waals surface area (Å²) in [5.41, 5.74) is 7.59. The van der Waals surface area contributed by atoms with Crippen molar-refractivity contribution in [3.8, 4) is 0 Å². The van der Waals surface area contributed by atoms with Gasteiger partial charge >= 0.3 is 0 Å². The molecule has 0 fully saturated rings. The standard InChI is InChI=1S/C13H18N4OS/c1-3-9-8(2)12(17-13(14)16-9)15-7-10(18)11-5-4-6-19-11/h4-6,10,18H,3,7H2,1-2H3,(H3,14,15,16,17)/t10-/m1/s1. The fourth-order valence-corrected chi connectivity index (χ4v) is 2.59. The zero-order chi connectivity index (χ0) is 13.8. The monoisotopic (exact) mass is 278 g/mol. The summed E-state index contributed by atoms with van der Waals surface area (Å²) in [6, 6.07) is 3.84. The van der Waals surface area contributed by atoms with Crippen LogP contribution in [0.4, 0.5) is 11.8 Å². The smallest absolute Gasteiger partial charge is 0.222 e. The summed E-state index contributed by atoms with van der Waals surface area (Å²) < 4.78 is 0. The lowest BCUT2D eigenvalue weighted by atomic mass is 10.2. The van der Waals surface area contributed by atoms with E-state index in [1.54, 1.807) is 0 Å². The van der Waals surface area contributed by atoms with Crippen LogP contribution in [0.2, 0.25) is 0 Å². The normalized spacial score (nSPS) is 12.4. The molecule has 102 valence electrons. The number of aliphatic hydroxyl groups is 1. The van der Waals surface area contributed by atoms with Crippen molar-refractivity contribution in [1.29, 1.82) is 0 Å². The van der Waals surface area contributed by atoms with Crippen molar-refractivity contribution < 1.29 is 5.11 Å². The minimum Gasteiger partial charge on any atom is -0.386 e. The average molecular weight is 278 g/mol. The third-order valence-corrected chi connectivity index (χ3v) is 3.91. The number of aryl methyl sites for hydroxylation is 1. The second kappa shape index (κ2) is 5.99. The van der Waals surface area contributed by atoms with Gasteiger partial charge in [0.05, 0.1) is 5.69 Å². The fourth-order valence-electron chi connectivity index (χ4n) is 1.87. The van der Waals surface area contributed by atoms with E-state index in [-0.39, 0.29) is 5.95 Å². The molecule has 0 bridgehead atoms. The molecule has 0 saturated heterocycles. The van der Waals surface area contributed by atoms with Gasteiger partial charge in [-0.3, -0.25) is 0 Å². The van der Waals surface area contributed by atoms with Crippen LogP contribution in [0.3, 0.4) is 0 Å². The first-order valence-corrected chi connectivity index (χ1v) is 7.08. The topological polar surface area (TPSA) is 84.1 Å². The Bertz CT molecular complexity index is 542. The Hall–Kier alpha value is -1.66. The zero-order valence-corrected chi connectivity index (χ0v) is 11.9. The predicted octanol–water partition coefficient (Wildman–Crippen LogP) is 2.14. The van der Waals surface area contributed by atoms with Crippen molar-refractivity contribution in [2.45, 2.75) is 26.4 Å². The maximum atomic E-state index is 10.0. The van der Waals surface area contributed by atoms with Crippen LogP contribution < -0.4 is 11.1 Å². The molecule has 0 aliphatic rings. The highest BCUT2D eigenvalue weighted by Gasteiger charge is 2.12. The molecule has 2 rings (SSSR count). The molecule has 0 aliphatic carbocycles. The first-order chi connectivity index (χ1) is 9.11. The number of nitrogens with zero attached hydrogens (tertiary/aromatic N) is 2. The van der Waals surface area contributed by atoms with E-state index in [2.05, 4.69) is 15.3 Å². The number of hydrogen-bond donors (Lipinski definition) is 3. The van der Waals surface area contributed by atoms with Gasteiger partial charge in [-0.2, -0.15) is 4.98 Å². The number of thiophene rings is 1. The molecular weight excluding hydrogens is 260 g/mol. The molecule has 2 heterocycles. The van der Waals surface area contributed by atoms with Gasteiger partial charge in [0.2, 0.25) is 5.95 Å². The minimum absolute atomic E-state index is 0.260. The van der Waals surface area contributed by atoms with Crippen LogP contribution in [0, 0.1) is 6.92 Å². The maximum Gasteiger partial charge on any atom is 0.222 e. The summed E-state index contributed by atoms with van der Waals surface area (Å²) in [6.07, 6.45) is 0.265. The van der Waals surface area contributed by atoms with Crippen molar-refractivity contribution >= 4 is 23.1 Å². The first-order valence-electron chi connectivity index (χ1n) is 6.20. The predicted molar refractivity (Wildman–Crippen MR) is 78.3 cm³/mol. The molecule has 1 atom stereocenters. The van der Waals surface area contributed by atoms with Crippen LogP contribution in [-0.4, -0.2) is 21.6 Å². The van der Waals surface area contributed by atoms with E-state index < -0.39 is 6.10 Å². The van der Waals surface area contributed by atoms with Crippen LogP contribution in [0.15, 0.2) is 17.5 Å². The molecule has 5 nitrogen and oxygen atoms in total. The number of nitrogens with two attached hydrogens (primary N) is 1. The molecule has 19 heavy (non-hydrogen) atoms. The highest BCUT2D eigenvalue weighted by molar-refractivity contribution is 7.10. The van der Waals surface area contributed by atoms with E-state index in [9.17, 15) is 5.11 Å². The number of nitrogens with one attached hydrogen (secondary N) is 1. The second-order valence-corrected chi connectivity index (χ2v) is 5.25. The first kappa shape index (κ1) is 13.8. The molecule has 0 spiro atoms. The molecule has 4 N–H and O–H groups in total. The Morgan fingerprint density at radius 3 is 2.89 bits per heavy atom. The van der Waals surface area contributed by atoms with Crippen molar-refractivity contribution in [2.75, 3.05) is 17.6 Å². The van der Waals surface area contributed by atoms with Gasteiger partial charge in [-0.15, -0.1) is 11.3 Å². The Morgan fingerprint density at radius 1 is 1.47 bits per heavy atom. The van der Waals surface area contributed by atoms with Gasteiger partial charge in [-0.05, 0) is 24.8 Å². The molecule has 0 unspecified atom stereocenters. The summed E-state index contributed by atoms with van der Waals surface area (Å²) >= 11 is 1.53. The molecule has 6 heteroatoms. The number of aromatic nitrogens is 2. The largest absolute Gasteiger partial charge is 0.386 e. The van der Waals surface area contributed by atoms with Gasteiger partial charge in [-0.25, -0.2) is 4.98 Å². The highest BCUT2D eigenvalue weighted by Crippen LogP contribution is 2.21. The number of aliphatic hydroxyl groups excluding tert-OH is 1. The molecular formula is C13H18N4OS.